The molecule has 0 aliphatic rings. The second-order valence-electron chi connectivity index (χ2n) is 7.09. The summed E-state index contributed by atoms with van der Waals surface area (Å²) in [6.45, 7) is 2.01. The van der Waals surface area contributed by atoms with Crippen molar-refractivity contribution in [3.63, 3.8) is 0 Å². The van der Waals surface area contributed by atoms with Crippen molar-refractivity contribution in [2.75, 3.05) is 11.1 Å². The fraction of sp³-hybridized carbons (Fsp3) is 0.125. The first-order valence-electron chi connectivity index (χ1n) is 9.73. The van der Waals surface area contributed by atoms with E-state index in [1.54, 1.807) is 41.8 Å². The number of nitrogens with zero attached hydrogens (tertiary/aromatic N) is 2. The number of aryl methyl sites for hydroxylation is 1. The normalized spacial score (nSPS) is 10.9. The van der Waals surface area contributed by atoms with Gasteiger partial charge in [0.1, 0.15) is 5.82 Å². The molecule has 7 heteroatoms. The van der Waals surface area contributed by atoms with Crippen LogP contribution >= 0.6 is 11.8 Å². The predicted octanol–water partition coefficient (Wildman–Crippen LogP) is 4.62. The average molecular weight is 434 g/mol. The molecule has 3 aromatic carbocycles. The molecule has 0 saturated carbocycles. The Morgan fingerprint density at radius 1 is 1.06 bits per heavy atom. The van der Waals surface area contributed by atoms with E-state index in [4.69, 9.17) is 0 Å². The zero-order valence-corrected chi connectivity index (χ0v) is 17.7. The Morgan fingerprint density at radius 3 is 2.58 bits per heavy atom. The molecule has 0 fully saturated rings. The molecule has 156 valence electrons. The molecule has 5 nitrogen and oxygen atoms in total. The molecule has 1 aromatic heterocycles. The van der Waals surface area contributed by atoms with Crippen molar-refractivity contribution >= 4 is 34.3 Å². The van der Waals surface area contributed by atoms with Gasteiger partial charge in [-0.25, -0.2) is 9.37 Å². The Morgan fingerprint density at radius 2 is 1.81 bits per heavy atom. The minimum atomic E-state index is -0.377. The molecule has 4 rings (SSSR count). The summed E-state index contributed by atoms with van der Waals surface area (Å²) in [5.74, 6) is -0.644. The Kier molecular flexibility index (Phi) is 6.13. The molecule has 1 N–H and O–H groups in total. The number of benzene rings is 3. The number of aromatic nitrogens is 2. The Bertz CT molecular complexity index is 1310. The summed E-state index contributed by atoms with van der Waals surface area (Å²) >= 11 is 1.18. The molecular weight excluding hydrogens is 413 g/mol. The zero-order chi connectivity index (χ0) is 21.8. The molecule has 0 bridgehead atoms. The molecule has 0 spiro atoms. The number of fused-ring (bicyclic) bond motifs is 1. The first-order valence-corrected chi connectivity index (χ1v) is 10.7. The number of hydrogen-bond acceptors (Lipinski definition) is 4. The van der Waals surface area contributed by atoms with E-state index in [1.807, 2.05) is 36.4 Å². The number of halogens is 1. The minimum absolute atomic E-state index is 0.0368. The second kappa shape index (κ2) is 9.14. The number of hydrogen-bond donors (Lipinski definition) is 1. The smallest absolute Gasteiger partial charge is 0.262 e. The minimum Gasteiger partial charge on any atom is -0.325 e. The van der Waals surface area contributed by atoms with Gasteiger partial charge in [-0.2, -0.15) is 0 Å². The monoisotopic (exact) mass is 433 g/mol. The summed E-state index contributed by atoms with van der Waals surface area (Å²) in [6.07, 6.45) is 0. The van der Waals surface area contributed by atoms with Gasteiger partial charge in [-0.05, 0) is 42.3 Å². The van der Waals surface area contributed by atoms with Crippen LogP contribution in [0.1, 0.15) is 11.1 Å². The SMILES string of the molecule is Cc1ccc(NC(=O)CSc2nc3ccccc3c(=O)n2Cc2ccccc2)cc1F. The number of carbonyl (C=O) groups is 1. The summed E-state index contributed by atoms with van der Waals surface area (Å²) in [6, 6.07) is 21.3. The van der Waals surface area contributed by atoms with Crippen molar-refractivity contribution in [1.29, 1.82) is 0 Å². The van der Waals surface area contributed by atoms with E-state index in [2.05, 4.69) is 10.3 Å². The van der Waals surface area contributed by atoms with E-state index in [1.165, 1.54) is 17.8 Å². The van der Waals surface area contributed by atoms with Crippen LogP contribution in [0.4, 0.5) is 10.1 Å². The summed E-state index contributed by atoms with van der Waals surface area (Å²) in [4.78, 5) is 30.2. The number of anilines is 1. The summed E-state index contributed by atoms with van der Waals surface area (Å²) in [5.41, 5.74) is 2.29. The van der Waals surface area contributed by atoms with Gasteiger partial charge in [0.15, 0.2) is 5.16 Å². The fourth-order valence-electron chi connectivity index (χ4n) is 3.16. The molecule has 0 radical (unpaired) electrons. The van der Waals surface area contributed by atoms with Gasteiger partial charge in [-0.15, -0.1) is 0 Å². The third-order valence-corrected chi connectivity index (χ3v) is 5.77. The third kappa shape index (κ3) is 4.83. The lowest BCUT2D eigenvalue weighted by Crippen LogP contribution is -2.24. The van der Waals surface area contributed by atoms with Crippen LogP contribution in [0.5, 0.6) is 0 Å². The van der Waals surface area contributed by atoms with Crippen molar-refractivity contribution < 1.29 is 9.18 Å². The van der Waals surface area contributed by atoms with Crippen molar-refractivity contribution in [3.8, 4) is 0 Å². The second-order valence-corrected chi connectivity index (χ2v) is 8.03. The van der Waals surface area contributed by atoms with Crippen LogP contribution in [-0.2, 0) is 11.3 Å². The van der Waals surface area contributed by atoms with E-state index in [0.29, 0.717) is 33.9 Å². The molecule has 0 aliphatic carbocycles. The topological polar surface area (TPSA) is 64.0 Å². The highest BCUT2D eigenvalue weighted by molar-refractivity contribution is 7.99. The van der Waals surface area contributed by atoms with E-state index >= 15 is 0 Å². The lowest BCUT2D eigenvalue weighted by Gasteiger charge is -2.13. The largest absolute Gasteiger partial charge is 0.325 e. The number of para-hydroxylation sites is 1. The van der Waals surface area contributed by atoms with Gasteiger partial charge < -0.3 is 5.32 Å². The van der Waals surface area contributed by atoms with E-state index in [9.17, 15) is 14.0 Å². The summed E-state index contributed by atoms with van der Waals surface area (Å²) < 4.78 is 15.3. The van der Waals surface area contributed by atoms with Crippen LogP contribution in [0.2, 0.25) is 0 Å². The number of rotatable bonds is 6. The van der Waals surface area contributed by atoms with Crippen molar-refractivity contribution in [1.82, 2.24) is 9.55 Å². The Hall–Kier alpha value is -3.45. The molecule has 0 unspecified atom stereocenters. The van der Waals surface area contributed by atoms with Gasteiger partial charge in [-0.3, -0.25) is 14.2 Å². The highest BCUT2D eigenvalue weighted by atomic mass is 32.2. The molecule has 0 saturated heterocycles. The van der Waals surface area contributed by atoms with Gasteiger partial charge in [-0.1, -0.05) is 60.3 Å². The number of amides is 1. The zero-order valence-electron chi connectivity index (χ0n) is 16.8. The maximum atomic E-state index is 13.7. The van der Waals surface area contributed by atoms with Crippen LogP contribution in [0.25, 0.3) is 10.9 Å². The quantitative estimate of drug-likeness (QED) is 0.356. The van der Waals surface area contributed by atoms with Gasteiger partial charge in [0, 0.05) is 5.69 Å². The van der Waals surface area contributed by atoms with Gasteiger partial charge in [0.2, 0.25) is 5.91 Å². The molecule has 1 heterocycles. The molecule has 1 amide bonds. The average Bonchev–Trinajstić information content (AvgIpc) is 2.78. The first kappa shape index (κ1) is 20.8. The van der Waals surface area contributed by atoms with Crippen LogP contribution in [0.15, 0.2) is 82.7 Å². The van der Waals surface area contributed by atoms with E-state index in [0.717, 1.165) is 5.56 Å². The van der Waals surface area contributed by atoms with Crippen molar-refractivity contribution in [2.45, 2.75) is 18.6 Å². The van der Waals surface area contributed by atoms with Crippen LogP contribution < -0.4 is 10.9 Å². The maximum Gasteiger partial charge on any atom is 0.262 e. The summed E-state index contributed by atoms with van der Waals surface area (Å²) in [5, 5.41) is 3.67. The van der Waals surface area contributed by atoms with Crippen molar-refractivity contribution in [3.05, 3.63) is 100 Å². The molecule has 4 aromatic rings. The number of nitrogens with one attached hydrogen (secondary N) is 1. The Labute approximate surface area is 182 Å². The van der Waals surface area contributed by atoms with Crippen LogP contribution in [-0.4, -0.2) is 21.2 Å². The van der Waals surface area contributed by atoms with Gasteiger partial charge in [0.25, 0.3) is 5.56 Å². The third-order valence-electron chi connectivity index (χ3n) is 4.80. The standard InChI is InChI=1S/C24H20FN3O2S/c1-16-11-12-18(13-20(16)25)26-22(29)15-31-24-27-21-10-6-5-9-19(21)23(30)28(24)14-17-7-3-2-4-8-17/h2-13H,14-15H2,1H3,(H,26,29). The number of thioether (sulfide) groups is 1. The van der Waals surface area contributed by atoms with Crippen molar-refractivity contribution in [2.24, 2.45) is 0 Å². The fourth-order valence-corrected chi connectivity index (χ4v) is 3.96. The molecule has 0 aliphatic heterocycles. The maximum absolute atomic E-state index is 13.7. The lowest BCUT2D eigenvalue weighted by atomic mass is 10.2. The van der Waals surface area contributed by atoms with E-state index in [-0.39, 0.29) is 23.0 Å². The lowest BCUT2D eigenvalue weighted by molar-refractivity contribution is -0.113. The highest BCUT2D eigenvalue weighted by Crippen LogP contribution is 2.20. The van der Waals surface area contributed by atoms with Crippen LogP contribution in [0.3, 0.4) is 0 Å². The van der Waals surface area contributed by atoms with Gasteiger partial charge in [0.05, 0.1) is 23.2 Å². The molecular formula is C24H20FN3O2S. The Balaban J connectivity index is 1.59. The molecule has 31 heavy (non-hydrogen) atoms. The first-order chi connectivity index (χ1) is 15.0. The van der Waals surface area contributed by atoms with Crippen LogP contribution in [0, 0.1) is 12.7 Å². The molecule has 0 atom stereocenters. The van der Waals surface area contributed by atoms with Gasteiger partial charge >= 0.3 is 0 Å². The summed E-state index contributed by atoms with van der Waals surface area (Å²) in [7, 11) is 0. The highest BCUT2D eigenvalue weighted by Gasteiger charge is 2.14. The van der Waals surface area contributed by atoms with E-state index < -0.39 is 0 Å². The predicted molar refractivity (Wildman–Crippen MR) is 122 cm³/mol. The number of carbonyl (C=O) groups excluding carboxylic acids is 1.